The van der Waals surface area contributed by atoms with E-state index in [-0.39, 0.29) is 0 Å². The Kier molecular flexibility index (Phi) is 19.3. The van der Waals surface area contributed by atoms with Crippen LogP contribution in [-0.4, -0.2) is 60.9 Å². The minimum Gasteiger partial charge on any atom is -0.493 e. The first-order valence-corrected chi connectivity index (χ1v) is 12.3. The van der Waals surface area contributed by atoms with E-state index in [9.17, 15) is 4.79 Å². The molecular weight excluding hydrogens is 474 g/mol. The first kappa shape index (κ1) is 32.9. The van der Waals surface area contributed by atoms with Crippen LogP contribution in [0.4, 0.5) is 0 Å². The fourth-order valence-corrected chi connectivity index (χ4v) is 3.78. The molecular formula is C27H41N5O3S. The Morgan fingerprint density at radius 2 is 1.97 bits per heavy atom. The third kappa shape index (κ3) is 12.0. The monoisotopic (exact) mass is 515 g/mol. The maximum Gasteiger partial charge on any atom is 0.210 e. The standard InChI is InChI=1S/C19H24N2O2S.C6H10N2.CH5N.CH2O/c1-2-23-18-9-4-3-6-15(18)7-5-8-16(12-20)17-10-11-21(14-22)13-19(17)24;1-2-4-8-5-3-7-6-8;2*1-2/h3-9,14,24H,2,10-13,20H2,1H3;3,5-6H,2,4H2,1H3;2H2,1H3;1H2/b7-5+,16-8+;;;. The number of carbonyl (C=O) groups excluding carboxylic acids is 2. The van der Waals surface area contributed by atoms with Gasteiger partial charge in [0.15, 0.2) is 0 Å². The lowest BCUT2D eigenvalue weighted by Gasteiger charge is -2.26. The highest BCUT2D eigenvalue weighted by molar-refractivity contribution is 7.84. The second-order valence-electron chi connectivity index (χ2n) is 7.28. The van der Waals surface area contributed by atoms with E-state index in [2.05, 4.69) is 34.8 Å². The van der Waals surface area contributed by atoms with Crippen molar-refractivity contribution in [2.45, 2.75) is 33.2 Å². The van der Waals surface area contributed by atoms with E-state index in [4.69, 9.17) is 15.3 Å². The van der Waals surface area contributed by atoms with Gasteiger partial charge in [-0.3, -0.25) is 4.79 Å². The summed E-state index contributed by atoms with van der Waals surface area (Å²) in [6.45, 7) is 9.54. The Morgan fingerprint density at radius 3 is 2.53 bits per heavy atom. The van der Waals surface area contributed by atoms with Crippen LogP contribution in [0.25, 0.3) is 6.08 Å². The molecule has 1 amide bonds. The molecule has 198 valence electrons. The van der Waals surface area contributed by atoms with E-state index in [1.165, 1.54) is 13.5 Å². The molecule has 0 radical (unpaired) electrons. The minimum atomic E-state index is 0.442. The molecule has 0 aliphatic carbocycles. The van der Waals surface area contributed by atoms with Gasteiger partial charge in [-0.2, -0.15) is 0 Å². The van der Waals surface area contributed by atoms with Crippen LogP contribution in [0.15, 0.2) is 71.2 Å². The van der Waals surface area contributed by atoms with Crippen LogP contribution in [0, 0.1) is 0 Å². The molecule has 2 aromatic rings. The van der Waals surface area contributed by atoms with Gasteiger partial charge >= 0.3 is 0 Å². The predicted molar refractivity (Wildman–Crippen MR) is 152 cm³/mol. The summed E-state index contributed by atoms with van der Waals surface area (Å²) in [5.74, 6) is 0.868. The second-order valence-corrected chi connectivity index (χ2v) is 7.82. The van der Waals surface area contributed by atoms with E-state index >= 15 is 0 Å². The number of benzene rings is 1. The number of nitrogens with zero attached hydrogens (tertiary/aromatic N) is 3. The van der Waals surface area contributed by atoms with Gasteiger partial charge in [0.2, 0.25) is 6.41 Å². The maximum absolute atomic E-state index is 10.9. The largest absolute Gasteiger partial charge is 0.493 e. The molecule has 1 aliphatic rings. The van der Waals surface area contributed by atoms with Crippen LogP contribution >= 0.6 is 12.6 Å². The highest BCUT2D eigenvalue weighted by atomic mass is 32.1. The zero-order valence-electron chi connectivity index (χ0n) is 21.7. The summed E-state index contributed by atoms with van der Waals surface area (Å²) in [7, 11) is 1.50. The average molecular weight is 516 g/mol. The van der Waals surface area contributed by atoms with Gasteiger partial charge in [0.25, 0.3) is 0 Å². The molecule has 0 atom stereocenters. The van der Waals surface area contributed by atoms with Gasteiger partial charge in [0.05, 0.1) is 19.5 Å². The van der Waals surface area contributed by atoms with Gasteiger partial charge < -0.3 is 30.5 Å². The Morgan fingerprint density at radius 1 is 1.25 bits per heavy atom. The van der Waals surface area contributed by atoms with E-state index < -0.39 is 0 Å². The smallest absolute Gasteiger partial charge is 0.210 e. The van der Waals surface area contributed by atoms with Crippen molar-refractivity contribution < 1.29 is 14.3 Å². The molecule has 0 saturated heterocycles. The number of allylic oxidation sites excluding steroid dienone is 2. The van der Waals surface area contributed by atoms with Crippen molar-refractivity contribution in [1.82, 2.24) is 14.5 Å². The molecule has 3 rings (SSSR count). The van der Waals surface area contributed by atoms with Crippen LogP contribution in [0.2, 0.25) is 0 Å². The number of imidazole rings is 1. The van der Waals surface area contributed by atoms with Crippen molar-refractivity contribution >= 4 is 31.9 Å². The van der Waals surface area contributed by atoms with Crippen LogP contribution < -0.4 is 16.2 Å². The Labute approximate surface area is 221 Å². The molecule has 0 unspecified atom stereocenters. The lowest BCUT2D eigenvalue weighted by molar-refractivity contribution is -0.117. The molecule has 0 saturated carbocycles. The van der Waals surface area contributed by atoms with Gasteiger partial charge in [-0.15, -0.1) is 12.6 Å². The molecule has 0 fully saturated rings. The number of hydrogen-bond donors (Lipinski definition) is 3. The molecule has 8 nitrogen and oxygen atoms in total. The van der Waals surface area contributed by atoms with Gasteiger partial charge in [-0.25, -0.2) is 4.98 Å². The topological polar surface area (TPSA) is 116 Å². The summed E-state index contributed by atoms with van der Waals surface area (Å²) in [5.41, 5.74) is 13.6. The van der Waals surface area contributed by atoms with Crippen LogP contribution in [-0.2, 0) is 16.1 Å². The molecule has 0 spiro atoms. The SMILES string of the molecule is C=O.CCCn1ccnc1.CCOc1ccccc1/C=C/C=C(\CN)C1=C(S)CN(C=O)CC1.CN. The summed E-state index contributed by atoms with van der Waals surface area (Å²) < 4.78 is 7.69. The van der Waals surface area contributed by atoms with E-state index in [1.807, 2.05) is 68.7 Å². The van der Waals surface area contributed by atoms with Crippen molar-refractivity contribution in [3.8, 4) is 5.75 Å². The Hall–Kier alpha value is -3.14. The second kappa shape index (κ2) is 21.2. The zero-order chi connectivity index (χ0) is 27.2. The van der Waals surface area contributed by atoms with E-state index in [0.29, 0.717) is 26.2 Å². The van der Waals surface area contributed by atoms with Crippen molar-refractivity contribution in [1.29, 1.82) is 0 Å². The number of carbonyl (C=O) groups is 2. The number of nitrogens with two attached hydrogens (primary N) is 2. The summed E-state index contributed by atoms with van der Waals surface area (Å²) in [6.07, 6.45) is 14.5. The van der Waals surface area contributed by atoms with Crippen LogP contribution in [0.3, 0.4) is 0 Å². The summed E-state index contributed by atoms with van der Waals surface area (Å²) >= 11 is 4.54. The first-order chi connectivity index (χ1) is 17.6. The Balaban J connectivity index is 0.000000850. The van der Waals surface area contributed by atoms with Gasteiger partial charge in [-0.1, -0.05) is 43.4 Å². The van der Waals surface area contributed by atoms with Crippen LogP contribution in [0.1, 0.15) is 32.3 Å². The number of aryl methyl sites for hydroxylation is 1. The van der Waals surface area contributed by atoms with Crippen molar-refractivity contribution in [3.63, 3.8) is 0 Å². The molecule has 1 aromatic heterocycles. The third-order valence-electron chi connectivity index (χ3n) is 4.94. The Bertz CT molecular complexity index is 943. The lowest BCUT2D eigenvalue weighted by atomic mass is 9.98. The van der Waals surface area contributed by atoms with Crippen molar-refractivity contribution in [2.24, 2.45) is 11.5 Å². The number of amides is 1. The minimum absolute atomic E-state index is 0.442. The molecule has 0 bridgehead atoms. The number of para-hydroxylation sites is 1. The summed E-state index contributed by atoms with van der Waals surface area (Å²) in [4.78, 5) is 25.4. The quantitative estimate of drug-likeness (QED) is 0.266. The van der Waals surface area contributed by atoms with E-state index in [0.717, 1.165) is 46.7 Å². The van der Waals surface area contributed by atoms with Crippen molar-refractivity contribution in [2.75, 3.05) is 33.3 Å². The van der Waals surface area contributed by atoms with Gasteiger partial charge in [-0.05, 0) is 44.0 Å². The first-order valence-electron chi connectivity index (χ1n) is 11.8. The number of thiol groups is 1. The summed E-state index contributed by atoms with van der Waals surface area (Å²) in [6, 6.07) is 7.92. The van der Waals surface area contributed by atoms with E-state index in [1.54, 1.807) is 11.1 Å². The lowest BCUT2D eigenvalue weighted by Crippen LogP contribution is -2.30. The van der Waals surface area contributed by atoms with Gasteiger partial charge in [0.1, 0.15) is 12.5 Å². The van der Waals surface area contributed by atoms with Gasteiger partial charge in [0, 0.05) is 42.5 Å². The highest BCUT2D eigenvalue weighted by Gasteiger charge is 2.17. The molecule has 1 aliphatic heterocycles. The predicted octanol–water partition coefficient (Wildman–Crippen LogP) is 3.71. The normalized spacial score (nSPS) is 13.1. The molecule has 36 heavy (non-hydrogen) atoms. The molecule has 9 heteroatoms. The molecule has 4 N–H and O–H groups in total. The number of rotatable bonds is 9. The molecule has 1 aromatic carbocycles. The fraction of sp³-hybridized carbons (Fsp3) is 0.370. The van der Waals surface area contributed by atoms with Crippen molar-refractivity contribution in [3.05, 3.63) is 76.8 Å². The average Bonchev–Trinajstić information content (AvgIpc) is 3.44. The van der Waals surface area contributed by atoms with Crippen LogP contribution in [0.5, 0.6) is 5.75 Å². The fourth-order valence-electron chi connectivity index (χ4n) is 3.34. The highest BCUT2D eigenvalue weighted by Crippen LogP contribution is 2.26. The summed E-state index contributed by atoms with van der Waals surface area (Å²) in [5, 5.41) is 0. The maximum atomic E-state index is 10.9. The number of hydrogen-bond acceptors (Lipinski definition) is 7. The zero-order valence-corrected chi connectivity index (χ0v) is 22.6. The third-order valence-corrected chi connectivity index (χ3v) is 5.35. The molecule has 2 heterocycles. The number of ether oxygens (including phenoxy) is 1. The number of aromatic nitrogens is 2.